The minimum absolute atomic E-state index is 0.272. The van der Waals surface area contributed by atoms with Gasteiger partial charge in [0.15, 0.2) is 0 Å². The van der Waals surface area contributed by atoms with Crippen molar-refractivity contribution in [2.24, 2.45) is 0 Å². The zero-order valence-electron chi connectivity index (χ0n) is 17.6. The van der Waals surface area contributed by atoms with Crippen molar-refractivity contribution < 1.29 is 18.8 Å². The van der Waals surface area contributed by atoms with E-state index in [-0.39, 0.29) is 5.82 Å². The zero-order valence-corrected chi connectivity index (χ0v) is 17.6. The smallest absolute Gasteiger partial charge is 0.274 e. The molecule has 0 unspecified atom stereocenters. The van der Waals surface area contributed by atoms with Gasteiger partial charge in [-0.3, -0.25) is 10.0 Å². The third kappa shape index (κ3) is 4.62. The molecule has 0 atom stereocenters. The Labute approximate surface area is 180 Å². The predicted octanol–water partition coefficient (Wildman–Crippen LogP) is 4.23. The Kier molecular flexibility index (Phi) is 6.34. The third-order valence-corrected chi connectivity index (χ3v) is 6.27. The van der Waals surface area contributed by atoms with Crippen molar-refractivity contribution in [3.05, 3.63) is 70.7 Å². The number of piperidine rings is 1. The Bertz CT molecular complexity index is 1070. The first-order valence-electron chi connectivity index (χ1n) is 10.6. The molecule has 1 aliphatic rings. The number of hydroxylamine groups is 1. The quantitative estimate of drug-likeness (QED) is 0.457. The molecule has 31 heavy (non-hydrogen) atoms. The lowest BCUT2D eigenvalue weighted by Crippen LogP contribution is -2.36. The number of aromatic nitrogens is 1. The van der Waals surface area contributed by atoms with E-state index in [1.165, 1.54) is 6.07 Å². The minimum Gasteiger partial charge on any atom is -0.343 e. The minimum atomic E-state index is -0.685. The number of benzene rings is 2. The number of carbonyl (C=O) groups excluding carboxylic acids is 1. The number of hydrogen-bond donors (Lipinski definition) is 2. The topological polar surface area (TPSA) is 57.5 Å². The summed E-state index contributed by atoms with van der Waals surface area (Å²) in [6.45, 7) is 5.19. The molecule has 5 nitrogen and oxygen atoms in total. The Morgan fingerprint density at radius 1 is 1.13 bits per heavy atom. The number of halogens is 2. The summed E-state index contributed by atoms with van der Waals surface area (Å²) in [5.41, 5.74) is 6.11. The molecule has 1 fully saturated rings. The van der Waals surface area contributed by atoms with Gasteiger partial charge in [0.1, 0.15) is 12.0 Å². The highest BCUT2D eigenvalue weighted by atomic mass is 19.1. The van der Waals surface area contributed by atoms with Gasteiger partial charge in [0.05, 0.1) is 0 Å². The molecular weight excluding hydrogens is 400 g/mol. The summed E-state index contributed by atoms with van der Waals surface area (Å²) >= 11 is 0. The summed E-state index contributed by atoms with van der Waals surface area (Å²) in [6.07, 6.45) is 1.10. The van der Waals surface area contributed by atoms with E-state index in [1.54, 1.807) is 23.7 Å². The van der Waals surface area contributed by atoms with Gasteiger partial charge in [-0.25, -0.2) is 14.3 Å². The van der Waals surface area contributed by atoms with E-state index in [0.717, 1.165) is 53.9 Å². The van der Waals surface area contributed by atoms with Gasteiger partial charge in [0, 0.05) is 48.3 Å². The summed E-state index contributed by atoms with van der Waals surface area (Å²) in [7, 11) is 0. The molecule has 3 aromatic rings. The van der Waals surface area contributed by atoms with Crippen LogP contribution in [0.5, 0.6) is 0 Å². The summed E-state index contributed by atoms with van der Waals surface area (Å²) in [5, 5.41) is 9.66. The van der Waals surface area contributed by atoms with Gasteiger partial charge in [-0.05, 0) is 67.6 Å². The molecule has 2 heterocycles. The van der Waals surface area contributed by atoms with Gasteiger partial charge in [0.2, 0.25) is 0 Å². The zero-order chi connectivity index (χ0) is 22.0. The summed E-state index contributed by atoms with van der Waals surface area (Å²) in [4.78, 5) is 13.8. The largest absolute Gasteiger partial charge is 0.343 e. The number of nitrogens with one attached hydrogen (secondary N) is 1. The Morgan fingerprint density at radius 3 is 2.52 bits per heavy atom. The average Bonchev–Trinajstić information content (AvgIpc) is 3.03. The van der Waals surface area contributed by atoms with E-state index in [2.05, 4.69) is 16.4 Å². The van der Waals surface area contributed by atoms with E-state index in [0.29, 0.717) is 24.8 Å². The van der Waals surface area contributed by atoms with Gasteiger partial charge in [-0.2, -0.15) is 0 Å². The molecule has 0 bridgehead atoms. The van der Waals surface area contributed by atoms with Crippen molar-refractivity contribution in [1.29, 1.82) is 0 Å². The third-order valence-electron chi connectivity index (χ3n) is 6.27. The van der Waals surface area contributed by atoms with Crippen LogP contribution in [0, 0.1) is 12.7 Å². The average molecular weight is 427 g/mol. The first kappa shape index (κ1) is 21.5. The molecule has 0 aliphatic carbocycles. The normalized spacial score (nSPS) is 15.5. The fourth-order valence-corrected chi connectivity index (χ4v) is 4.44. The van der Waals surface area contributed by atoms with Crippen molar-refractivity contribution in [2.45, 2.75) is 38.9 Å². The fourth-order valence-electron chi connectivity index (χ4n) is 4.44. The van der Waals surface area contributed by atoms with Crippen molar-refractivity contribution in [3.8, 4) is 0 Å². The number of nitrogens with zero attached hydrogens (tertiary/aromatic N) is 2. The standard InChI is InChI=1S/C24H27F2N3O2/c1-16-21(14-17-2-4-18(5-3-17)24(30)27-31)22-15-20(26)6-7-23(22)29(16)13-12-28-10-8-19(25)9-11-28/h2-7,15,19,31H,8-14H2,1H3,(H,27,30). The molecule has 1 aliphatic heterocycles. The summed E-state index contributed by atoms with van der Waals surface area (Å²) in [5.74, 6) is -0.830. The molecule has 7 heteroatoms. The van der Waals surface area contributed by atoms with Crippen LogP contribution in [0.1, 0.15) is 40.0 Å². The predicted molar refractivity (Wildman–Crippen MR) is 116 cm³/mol. The van der Waals surface area contributed by atoms with Crippen LogP contribution in [0.25, 0.3) is 10.9 Å². The van der Waals surface area contributed by atoms with E-state index < -0.39 is 12.1 Å². The number of likely N-dealkylation sites (tertiary alicyclic amines) is 1. The maximum atomic E-state index is 14.1. The highest BCUT2D eigenvalue weighted by molar-refractivity contribution is 5.93. The van der Waals surface area contributed by atoms with Crippen molar-refractivity contribution in [3.63, 3.8) is 0 Å². The van der Waals surface area contributed by atoms with Crippen LogP contribution >= 0.6 is 0 Å². The van der Waals surface area contributed by atoms with Crippen LogP contribution in [0.15, 0.2) is 42.5 Å². The van der Waals surface area contributed by atoms with Gasteiger partial charge >= 0.3 is 0 Å². The van der Waals surface area contributed by atoms with E-state index in [9.17, 15) is 13.6 Å². The number of fused-ring (bicyclic) bond motifs is 1. The molecule has 0 saturated carbocycles. The Hall–Kier alpha value is -2.77. The first-order chi connectivity index (χ1) is 15.0. The van der Waals surface area contributed by atoms with E-state index in [4.69, 9.17) is 5.21 Å². The second-order valence-corrected chi connectivity index (χ2v) is 8.21. The number of rotatable bonds is 6. The SMILES string of the molecule is Cc1c(Cc2ccc(C(=O)NO)cc2)c2cc(F)ccc2n1CCN1CCC(F)CC1. The molecular formula is C24H27F2N3O2. The Balaban J connectivity index is 1.60. The number of carbonyl (C=O) groups is 1. The van der Waals surface area contributed by atoms with Crippen molar-refractivity contribution in [1.82, 2.24) is 14.9 Å². The highest BCUT2D eigenvalue weighted by Crippen LogP contribution is 2.29. The molecule has 2 aromatic carbocycles. The molecule has 1 saturated heterocycles. The molecule has 164 valence electrons. The fraction of sp³-hybridized carbons (Fsp3) is 0.375. The van der Waals surface area contributed by atoms with Crippen LogP contribution < -0.4 is 5.48 Å². The highest BCUT2D eigenvalue weighted by Gasteiger charge is 2.20. The lowest BCUT2D eigenvalue weighted by molar-refractivity contribution is 0.0706. The van der Waals surface area contributed by atoms with E-state index >= 15 is 0 Å². The number of amides is 1. The second-order valence-electron chi connectivity index (χ2n) is 8.21. The molecule has 1 aromatic heterocycles. The lowest BCUT2D eigenvalue weighted by atomic mass is 10.0. The van der Waals surface area contributed by atoms with Gasteiger partial charge < -0.3 is 9.47 Å². The molecule has 0 radical (unpaired) electrons. The molecule has 0 spiro atoms. The molecule has 4 rings (SSSR count). The summed E-state index contributed by atoms with van der Waals surface area (Å²) in [6, 6.07) is 11.9. The molecule has 2 N–H and O–H groups in total. The Morgan fingerprint density at radius 2 is 1.84 bits per heavy atom. The second kappa shape index (κ2) is 9.16. The monoisotopic (exact) mass is 427 g/mol. The van der Waals surface area contributed by atoms with Crippen LogP contribution in [-0.2, 0) is 13.0 Å². The van der Waals surface area contributed by atoms with Crippen LogP contribution in [-0.4, -0.2) is 46.4 Å². The van der Waals surface area contributed by atoms with Crippen molar-refractivity contribution in [2.75, 3.05) is 19.6 Å². The van der Waals surface area contributed by atoms with Gasteiger partial charge in [0.25, 0.3) is 5.91 Å². The summed E-state index contributed by atoms with van der Waals surface area (Å²) < 4.78 is 29.7. The number of alkyl halides is 1. The maximum Gasteiger partial charge on any atom is 0.274 e. The first-order valence-corrected chi connectivity index (χ1v) is 10.6. The van der Waals surface area contributed by atoms with E-state index in [1.807, 2.05) is 18.2 Å². The van der Waals surface area contributed by atoms with Gasteiger partial charge in [-0.15, -0.1) is 0 Å². The maximum absolute atomic E-state index is 14.1. The lowest BCUT2D eigenvalue weighted by Gasteiger charge is -2.28. The van der Waals surface area contributed by atoms with Crippen LogP contribution in [0.4, 0.5) is 8.78 Å². The molecule has 1 amide bonds. The number of hydrogen-bond acceptors (Lipinski definition) is 3. The van der Waals surface area contributed by atoms with Crippen LogP contribution in [0.3, 0.4) is 0 Å². The van der Waals surface area contributed by atoms with Gasteiger partial charge in [-0.1, -0.05) is 12.1 Å². The van der Waals surface area contributed by atoms with Crippen LogP contribution in [0.2, 0.25) is 0 Å². The van der Waals surface area contributed by atoms with Crippen molar-refractivity contribution >= 4 is 16.8 Å².